The van der Waals surface area contributed by atoms with Crippen LogP contribution in [0.4, 0.5) is 8.78 Å². The van der Waals surface area contributed by atoms with E-state index in [0.717, 1.165) is 6.07 Å². The van der Waals surface area contributed by atoms with E-state index in [0.29, 0.717) is 5.56 Å². The van der Waals surface area contributed by atoms with Gasteiger partial charge in [0, 0.05) is 5.56 Å². The Kier molecular flexibility index (Phi) is 4.32. The highest BCUT2D eigenvalue weighted by Crippen LogP contribution is 2.26. The van der Waals surface area contributed by atoms with Crippen LogP contribution in [0.2, 0.25) is 0 Å². The van der Waals surface area contributed by atoms with Gasteiger partial charge in [0.25, 0.3) is 0 Å². The summed E-state index contributed by atoms with van der Waals surface area (Å²) in [4.78, 5) is 12.1. The number of ketones is 1. The van der Waals surface area contributed by atoms with E-state index >= 15 is 0 Å². The zero-order valence-corrected chi connectivity index (χ0v) is 11.9. The second-order valence-corrected chi connectivity index (χ2v) is 5.20. The SMILES string of the molecule is O=C(c1ccc(Br)c(F)c1)C(Cl)c1ccc(F)cc1. The maximum Gasteiger partial charge on any atom is 0.185 e. The third kappa shape index (κ3) is 3.19. The van der Waals surface area contributed by atoms with Crippen molar-refractivity contribution < 1.29 is 13.6 Å². The summed E-state index contributed by atoms with van der Waals surface area (Å²) < 4.78 is 26.4. The van der Waals surface area contributed by atoms with E-state index in [4.69, 9.17) is 11.6 Å². The topological polar surface area (TPSA) is 17.1 Å². The lowest BCUT2D eigenvalue weighted by atomic mass is 10.0. The zero-order chi connectivity index (χ0) is 14.0. The van der Waals surface area contributed by atoms with Crippen LogP contribution >= 0.6 is 27.5 Å². The molecule has 0 bridgehead atoms. The van der Waals surface area contributed by atoms with Crippen LogP contribution in [0.1, 0.15) is 21.3 Å². The first-order valence-electron chi connectivity index (χ1n) is 5.38. The minimum Gasteiger partial charge on any atom is -0.292 e. The van der Waals surface area contributed by atoms with Gasteiger partial charge in [0.15, 0.2) is 5.78 Å². The van der Waals surface area contributed by atoms with Crippen LogP contribution in [0.3, 0.4) is 0 Å². The number of carbonyl (C=O) groups is 1. The number of Topliss-reactive ketones (excluding diaryl/α,β-unsaturated/α-hetero) is 1. The molecule has 2 aromatic rings. The van der Waals surface area contributed by atoms with Crippen LogP contribution < -0.4 is 0 Å². The molecule has 0 N–H and O–H groups in total. The zero-order valence-electron chi connectivity index (χ0n) is 9.54. The Morgan fingerprint density at radius 1 is 1.11 bits per heavy atom. The molecule has 0 aliphatic carbocycles. The van der Waals surface area contributed by atoms with Gasteiger partial charge in [-0.2, -0.15) is 0 Å². The van der Waals surface area contributed by atoms with Crippen LogP contribution in [0, 0.1) is 11.6 Å². The summed E-state index contributed by atoms with van der Waals surface area (Å²) in [6.45, 7) is 0. The molecule has 0 aliphatic rings. The number of halogens is 4. The predicted molar refractivity (Wildman–Crippen MR) is 73.4 cm³/mol. The quantitative estimate of drug-likeness (QED) is 0.572. The van der Waals surface area contributed by atoms with Crippen molar-refractivity contribution in [2.24, 2.45) is 0 Å². The van der Waals surface area contributed by atoms with Crippen molar-refractivity contribution in [3.63, 3.8) is 0 Å². The summed E-state index contributed by atoms with van der Waals surface area (Å²) in [5, 5.41) is -0.971. The molecule has 2 rings (SSSR count). The van der Waals surface area contributed by atoms with E-state index < -0.39 is 22.8 Å². The van der Waals surface area contributed by atoms with E-state index in [-0.39, 0.29) is 10.0 Å². The summed E-state index contributed by atoms with van der Waals surface area (Å²) in [5.74, 6) is -1.37. The maximum atomic E-state index is 13.4. The van der Waals surface area contributed by atoms with Crippen LogP contribution in [-0.2, 0) is 0 Å². The average Bonchev–Trinajstić information content (AvgIpc) is 2.41. The van der Waals surface area contributed by atoms with Gasteiger partial charge < -0.3 is 0 Å². The molecule has 0 amide bonds. The standard InChI is InChI=1S/C14H8BrClF2O/c15-11-6-3-9(7-12(11)18)14(19)13(16)8-1-4-10(17)5-2-8/h1-7,13H. The Morgan fingerprint density at radius 2 is 1.74 bits per heavy atom. The van der Waals surface area contributed by atoms with Gasteiger partial charge in [-0.3, -0.25) is 4.79 Å². The summed E-state index contributed by atoms with van der Waals surface area (Å²) in [7, 11) is 0. The molecular weight excluding hydrogens is 338 g/mol. The molecule has 1 atom stereocenters. The average molecular weight is 346 g/mol. The van der Waals surface area contributed by atoms with Crippen LogP contribution in [0.25, 0.3) is 0 Å². The van der Waals surface area contributed by atoms with Gasteiger partial charge in [0.05, 0.1) is 4.47 Å². The molecule has 98 valence electrons. The van der Waals surface area contributed by atoms with Crippen molar-refractivity contribution in [3.8, 4) is 0 Å². The predicted octanol–water partition coefficient (Wildman–Crippen LogP) is 4.89. The molecule has 0 aliphatic heterocycles. The Bertz CT molecular complexity index is 613. The fourth-order valence-corrected chi connectivity index (χ4v) is 2.10. The summed E-state index contributed by atoms with van der Waals surface area (Å²) >= 11 is 9.04. The lowest BCUT2D eigenvalue weighted by Crippen LogP contribution is -2.08. The number of benzene rings is 2. The lowest BCUT2D eigenvalue weighted by molar-refractivity contribution is 0.0986. The molecule has 0 heterocycles. The summed E-state index contributed by atoms with van der Waals surface area (Å²) in [6, 6.07) is 9.34. The smallest absolute Gasteiger partial charge is 0.185 e. The first kappa shape index (κ1) is 14.2. The van der Waals surface area contributed by atoms with E-state index in [2.05, 4.69) is 15.9 Å². The molecule has 0 saturated heterocycles. The maximum absolute atomic E-state index is 13.4. The molecule has 0 spiro atoms. The highest BCUT2D eigenvalue weighted by atomic mass is 79.9. The van der Waals surface area contributed by atoms with Crippen molar-refractivity contribution in [2.45, 2.75) is 5.38 Å². The largest absolute Gasteiger partial charge is 0.292 e. The molecule has 5 heteroatoms. The van der Waals surface area contributed by atoms with E-state index in [1.807, 2.05) is 0 Å². The number of rotatable bonds is 3. The molecule has 1 nitrogen and oxygen atoms in total. The highest BCUT2D eigenvalue weighted by Gasteiger charge is 2.20. The van der Waals surface area contributed by atoms with Crippen molar-refractivity contribution in [1.29, 1.82) is 0 Å². The number of alkyl halides is 1. The van der Waals surface area contributed by atoms with E-state index in [1.165, 1.54) is 36.4 Å². The number of hydrogen-bond donors (Lipinski definition) is 0. The van der Waals surface area contributed by atoms with Gasteiger partial charge in [0.1, 0.15) is 17.0 Å². The van der Waals surface area contributed by atoms with Gasteiger partial charge in [-0.15, -0.1) is 11.6 Å². The van der Waals surface area contributed by atoms with Gasteiger partial charge in [-0.25, -0.2) is 8.78 Å². The van der Waals surface area contributed by atoms with Crippen molar-refractivity contribution >= 4 is 33.3 Å². The van der Waals surface area contributed by atoms with Crippen LogP contribution in [0.5, 0.6) is 0 Å². The first-order valence-corrected chi connectivity index (χ1v) is 6.61. The van der Waals surface area contributed by atoms with Crippen molar-refractivity contribution in [1.82, 2.24) is 0 Å². The molecule has 19 heavy (non-hydrogen) atoms. The Morgan fingerprint density at radius 3 is 2.32 bits per heavy atom. The van der Waals surface area contributed by atoms with Crippen LogP contribution in [0.15, 0.2) is 46.9 Å². The van der Waals surface area contributed by atoms with E-state index in [1.54, 1.807) is 0 Å². The van der Waals surface area contributed by atoms with Crippen molar-refractivity contribution in [3.05, 3.63) is 69.7 Å². The second-order valence-electron chi connectivity index (χ2n) is 3.91. The van der Waals surface area contributed by atoms with Gasteiger partial charge in [-0.1, -0.05) is 18.2 Å². The molecular formula is C14H8BrClF2O. The lowest BCUT2D eigenvalue weighted by Gasteiger charge is -2.09. The Hall–Kier alpha value is -1.26. The first-order chi connectivity index (χ1) is 8.99. The van der Waals surface area contributed by atoms with E-state index in [9.17, 15) is 13.6 Å². The van der Waals surface area contributed by atoms with Gasteiger partial charge in [0.2, 0.25) is 0 Å². The molecule has 0 fully saturated rings. The summed E-state index contributed by atoms with van der Waals surface area (Å²) in [5.41, 5.74) is 0.640. The highest BCUT2D eigenvalue weighted by molar-refractivity contribution is 9.10. The monoisotopic (exact) mass is 344 g/mol. The third-order valence-electron chi connectivity index (χ3n) is 2.60. The van der Waals surface area contributed by atoms with Gasteiger partial charge >= 0.3 is 0 Å². The van der Waals surface area contributed by atoms with Gasteiger partial charge in [-0.05, 0) is 45.8 Å². The molecule has 0 aromatic heterocycles. The minimum absolute atomic E-state index is 0.171. The fraction of sp³-hybridized carbons (Fsp3) is 0.0714. The van der Waals surface area contributed by atoms with Crippen LogP contribution in [-0.4, -0.2) is 5.78 Å². The Labute approximate surface area is 122 Å². The molecule has 0 radical (unpaired) electrons. The second kappa shape index (κ2) is 5.80. The minimum atomic E-state index is -0.971. The molecule has 0 saturated carbocycles. The Balaban J connectivity index is 2.28. The molecule has 1 unspecified atom stereocenters. The third-order valence-corrected chi connectivity index (χ3v) is 3.69. The molecule has 2 aromatic carbocycles. The fourth-order valence-electron chi connectivity index (χ4n) is 1.58. The summed E-state index contributed by atoms with van der Waals surface area (Å²) in [6.07, 6.45) is 0. The number of hydrogen-bond acceptors (Lipinski definition) is 1. The number of carbonyl (C=O) groups excluding carboxylic acids is 1. The van der Waals surface area contributed by atoms with Crippen molar-refractivity contribution in [2.75, 3.05) is 0 Å². The normalized spacial score (nSPS) is 12.2.